The molecular weight excluding hydrogens is 333 g/mol. The van der Waals surface area contributed by atoms with Gasteiger partial charge >= 0.3 is 6.61 Å². The molecule has 1 aliphatic rings. The summed E-state index contributed by atoms with van der Waals surface area (Å²) in [4.78, 5) is 2.39. The van der Waals surface area contributed by atoms with Gasteiger partial charge in [-0.3, -0.25) is 4.90 Å². The van der Waals surface area contributed by atoms with E-state index in [-0.39, 0.29) is 36.6 Å². The van der Waals surface area contributed by atoms with Crippen molar-refractivity contribution in [2.75, 3.05) is 26.2 Å². The minimum Gasteiger partial charge on any atom is -0.435 e. The molecule has 1 aromatic carbocycles. The van der Waals surface area contributed by atoms with Crippen molar-refractivity contribution >= 4 is 24.8 Å². The Morgan fingerprint density at radius 1 is 1.18 bits per heavy atom. The number of alkyl halides is 2. The van der Waals surface area contributed by atoms with E-state index < -0.39 is 6.61 Å². The molecule has 0 aliphatic carbocycles. The second-order valence-corrected chi connectivity index (χ2v) is 4.77. The highest BCUT2D eigenvalue weighted by atomic mass is 35.5. The molecule has 1 heterocycles. The van der Waals surface area contributed by atoms with Crippen LogP contribution in [-0.4, -0.2) is 37.7 Å². The molecule has 1 aromatic rings. The fourth-order valence-corrected chi connectivity index (χ4v) is 2.52. The van der Waals surface area contributed by atoms with Gasteiger partial charge in [-0.15, -0.1) is 31.4 Å². The van der Waals surface area contributed by atoms with E-state index in [1.807, 2.05) is 18.2 Å². The first-order valence-corrected chi connectivity index (χ1v) is 6.81. The maximum absolute atomic E-state index is 12.1. The molecule has 0 saturated carbocycles. The lowest BCUT2D eigenvalue weighted by molar-refractivity contribution is -0.0498. The Hall–Kier alpha value is -0.880. The summed E-state index contributed by atoms with van der Waals surface area (Å²) in [6, 6.07) is 7.15. The van der Waals surface area contributed by atoms with Gasteiger partial charge in [0.2, 0.25) is 0 Å². The lowest BCUT2D eigenvalue weighted by atomic mass is 10.0. The summed E-state index contributed by atoms with van der Waals surface area (Å²) >= 11 is 0. The Balaban J connectivity index is 0.00000220. The number of nitrogens with zero attached hydrogens (tertiary/aromatic N) is 1. The number of piperazine rings is 1. The van der Waals surface area contributed by atoms with Gasteiger partial charge in [0.05, 0.1) is 0 Å². The number of nitrogens with one attached hydrogen (secondary N) is 1. The van der Waals surface area contributed by atoms with Gasteiger partial charge < -0.3 is 10.1 Å². The molecule has 3 nitrogen and oxygen atoms in total. The van der Waals surface area contributed by atoms with Gasteiger partial charge in [-0.05, 0) is 24.1 Å². The Morgan fingerprint density at radius 2 is 1.77 bits per heavy atom. The fraction of sp³-hybridized carbons (Fsp3) is 0.467. The average molecular weight is 355 g/mol. The van der Waals surface area contributed by atoms with Crippen molar-refractivity contribution in [2.24, 2.45) is 0 Å². The van der Waals surface area contributed by atoms with E-state index in [4.69, 9.17) is 0 Å². The molecule has 0 aromatic heterocycles. The van der Waals surface area contributed by atoms with Crippen LogP contribution in [0.3, 0.4) is 0 Å². The van der Waals surface area contributed by atoms with Crippen LogP contribution in [0.4, 0.5) is 8.78 Å². The topological polar surface area (TPSA) is 24.5 Å². The van der Waals surface area contributed by atoms with E-state index in [2.05, 4.69) is 21.5 Å². The Labute approximate surface area is 142 Å². The summed E-state index contributed by atoms with van der Waals surface area (Å²) in [5, 5.41) is 3.32. The molecule has 1 N–H and O–H groups in total. The summed E-state index contributed by atoms with van der Waals surface area (Å²) in [6.45, 7) is 4.94. The molecular formula is C15H22Cl2F2N2O. The Bertz CT molecular complexity index is 426. The van der Waals surface area contributed by atoms with Crippen molar-refractivity contribution in [3.05, 3.63) is 42.5 Å². The van der Waals surface area contributed by atoms with E-state index in [0.717, 1.165) is 38.2 Å². The predicted octanol–water partition coefficient (Wildman–Crippen LogP) is 3.65. The number of halogens is 4. The molecule has 2 rings (SSSR count). The lowest BCUT2D eigenvalue weighted by Crippen LogP contribution is -2.45. The van der Waals surface area contributed by atoms with Gasteiger partial charge in [0.1, 0.15) is 5.75 Å². The van der Waals surface area contributed by atoms with Gasteiger partial charge in [-0.1, -0.05) is 18.2 Å². The van der Waals surface area contributed by atoms with Crippen LogP contribution in [0.15, 0.2) is 36.9 Å². The van der Waals surface area contributed by atoms with E-state index in [9.17, 15) is 8.78 Å². The third kappa shape index (κ3) is 6.08. The van der Waals surface area contributed by atoms with E-state index in [1.54, 1.807) is 12.1 Å². The summed E-state index contributed by atoms with van der Waals surface area (Å²) in [5.41, 5.74) is 1.11. The monoisotopic (exact) mass is 354 g/mol. The molecule has 126 valence electrons. The van der Waals surface area contributed by atoms with E-state index in [1.165, 1.54) is 0 Å². The SMILES string of the molecule is C=CC[C@H](c1ccc(OC(F)F)cc1)N1CCNCC1.Cl.Cl. The second kappa shape index (κ2) is 10.8. The standard InChI is InChI=1S/C15H20F2N2O.2ClH/c1-2-3-14(19-10-8-18-9-11-19)12-4-6-13(7-5-12)20-15(16)17;;/h2,4-7,14-15,18H,1,3,8-11H2;2*1H/t14-;;/m1../s1. The van der Waals surface area contributed by atoms with Gasteiger partial charge in [0.25, 0.3) is 0 Å². The molecule has 0 spiro atoms. The van der Waals surface area contributed by atoms with Gasteiger partial charge in [0, 0.05) is 32.2 Å². The second-order valence-electron chi connectivity index (χ2n) is 4.77. The summed E-state index contributed by atoms with van der Waals surface area (Å²) in [7, 11) is 0. The Kier molecular flexibility index (Phi) is 10.3. The highest BCUT2D eigenvalue weighted by molar-refractivity contribution is 5.85. The van der Waals surface area contributed by atoms with Gasteiger partial charge in [-0.25, -0.2) is 0 Å². The minimum absolute atomic E-state index is 0. The van der Waals surface area contributed by atoms with E-state index in [0.29, 0.717) is 0 Å². The molecule has 1 fully saturated rings. The molecule has 0 bridgehead atoms. The van der Waals surface area contributed by atoms with Crippen LogP contribution in [0.1, 0.15) is 18.0 Å². The molecule has 1 saturated heterocycles. The summed E-state index contributed by atoms with van der Waals surface area (Å²) in [6.07, 6.45) is 2.74. The smallest absolute Gasteiger partial charge is 0.387 e. The molecule has 0 amide bonds. The lowest BCUT2D eigenvalue weighted by Gasteiger charge is -2.34. The Morgan fingerprint density at radius 3 is 2.27 bits per heavy atom. The first kappa shape index (κ1) is 21.1. The normalized spacial score (nSPS) is 16.3. The number of hydrogen-bond donors (Lipinski definition) is 1. The van der Waals surface area contributed by atoms with Crippen molar-refractivity contribution in [3.63, 3.8) is 0 Å². The number of hydrogen-bond acceptors (Lipinski definition) is 3. The molecule has 0 radical (unpaired) electrons. The maximum atomic E-state index is 12.1. The van der Waals surface area contributed by atoms with Crippen LogP contribution in [-0.2, 0) is 0 Å². The highest BCUT2D eigenvalue weighted by Gasteiger charge is 2.21. The average Bonchev–Trinajstić information content (AvgIpc) is 2.46. The van der Waals surface area contributed by atoms with Crippen LogP contribution < -0.4 is 10.1 Å². The number of rotatable bonds is 6. The van der Waals surface area contributed by atoms with Crippen LogP contribution >= 0.6 is 24.8 Å². The third-order valence-corrected chi connectivity index (χ3v) is 3.47. The van der Waals surface area contributed by atoms with Gasteiger partial charge in [-0.2, -0.15) is 8.78 Å². The predicted molar refractivity (Wildman–Crippen MR) is 89.6 cm³/mol. The third-order valence-electron chi connectivity index (χ3n) is 3.47. The quantitative estimate of drug-likeness (QED) is 0.789. The molecule has 1 aliphatic heterocycles. The number of ether oxygens (including phenoxy) is 1. The van der Waals surface area contributed by atoms with Crippen LogP contribution in [0, 0.1) is 0 Å². The first-order chi connectivity index (χ1) is 9.70. The molecule has 22 heavy (non-hydrogen) atoms. The zero-order chi connectivity index (χ0) is 14.4. The largest absolute Gasteiger partial charge is 0.435 e. The van der Waals surface area contributed by atoms with Crippen LogP contribution in [0.5, 0.6) is 5.75 Å². The first-order valence-electron chi connectivity index (χ1n) is 6.81. The van der Waals surface area contributed by atoms with Gasteiger partial charge in [0.15, 0.2) is 0 Å². The molecule has 1 atom stereocenters. The van der Waals surface area contributed by atoms with E-state index >= 15 is 0 Å². The van der Waals surface area contributed by atoms with Crippen molar-refractivity contribution < 1.29 is 13.5 Å². The molecule has 0 unspecified atom stereocenters. The zero-order valence-corrected chi connectivity index (χ0v) is 13.8. The summed E-state index contributed by atoms with van der Waals surface area (Å²) < 4.78 is 28.7. The van der Waals surface area contributed by atoms with Crippen LogP contribution in [0.2, 0.25) is 0 Å². The fourth-order valence-electron chi connectivity index (χ4n) is 2.52. The molecule has 7 heteroatoms. The number of benzene rings is 1. The van der Waals surface area contributed by atoms with Crippen molar-refractivity contribution in [2.45, 2.75) is 19.1 Å². The minimum atomic E-state index is -2.78. The van der Waals surface area contributed by atoms with Crippen LogP contribution in [0.25, 0.3) is 0 Å². The van der Waals surface area contributed by atoms with Crippen molar-refractivity contribution in [1.82, 2.24) is 10.2 Å². The van der Waals surface area contributed by atoms with Crippen molar-refractivity contribution in [3.8, 4) is 5.75 Å². The summed E-state index contributed by atoms with van der Waals surface area (Å²) in [5.74, 6) is 0.196. The zero-order valence-electron chi connectivity index (χ0n) is 12.2. The highest BCUT2D eigenvalue weighted by Crippen LogP contribution is 2.27. The maximum Gasteiger partial charge on any atom is 0.387 e. The van der Waals surface area contributed by atoms with Crippen molar-refractivity contribution in [1.29, 1.82) is 0 Å².